The van der Waals surface area contributed by atoms with E-state index in [0.717, 1.165) is 33.4 Å². The number of anilines is 1. The van der Waals surface area contributed by atoms with E-state index in [4.69, 9.17) is 9.47 Å². The molecule has 0 amide bonds. The quantitative estimate of drug-likeness (QED) is 0.194. The van der Waals surface area contributed by atoms with E-state index in [9.17, 15) is 17.6 Å². The van der Waals surface area contributed by atoms with Crippen molar-refractivity contribution in [3.63, 3.8) is 0 Å². The van der Waals surface area contributed by atoms with Crippen LogP contribution in [0.1, 0.15) is 40.3 Å². The molecule has 9 heteroatoms. The second kappa shape index (κ2) is 12.1. The van der Waals surface area contributed by atoms with Crippen LogP contribution in [0, 0.1) is 26.6 Å². The van der Waals surface area contributed by atoms with Gasteiger partial charge in [-0.2, -0.15) is 0 Å². The van der Waals surface area contributed by atoms with E-state index in [2.05, 4.69) is 28.3 Å². The predicted octanol–water partition coefficient (Wildman–Crippen LogP) is 5.96. The first-order valence-electron chi connectivity index (χ1n) is 13.0. The third kappa shape index (κ3) is 7.01. The molecule has 4 rings (SSSR count). The standard InChI is InChI=1S/C31H34FNO6S/c1-19-7-8-23(31-20(2)13-24(14-21(31)3)38-11-6-12-40(5,35)36)15-25(19)28-18-39-29-16-22(9-10-30(34)37-4)26(32)17-27(29)33-28/h7-10,13-17,28,33H,6,11-12,18H2,1-5H3/b10-9+. The van der Waals surface area contributed by atoms with E-state index in [0.29, 0.717) is 36.8 Å². The van der Waals surface area contributed by atoms with Crippen LogP contribution in [0.25, 0.3) is 17.2 Å². The van der Waals surface area contributed by atoms with Crippen LogP contribution in [0.15, 0.2) is 48.5 Å². The maximum Gasteiger partial charge on any atom is 0.330 e. The molecule has 3 aromatic carbocycles. The molecule has 1 aliphatic heterocycles. The minimum absolute atomic E-state index is 0.0961. The van der Waals surface area contributed by atoms with Crippen LogP contribution in [-0.4, -0.2) is 46.7 Å². The molecule has 3 aromatic rings. The molecule has 1 atom stereocenters. The van der Waals surface area contributed by atoms with E-state index in [1.807, 2.05) is 32.9 Å². The summed E-state index contributed by atoms with van der Waals surface area (Å²) in [7, 11) is -1.75. The van der Waals surface area contributed by atoms with E-state index in [-0.39, 0.29) is 17.4 Å². The van der Waals surface area contributed by atoms with E-state index in [1.54, 1.807) is 6.07 Å². The first-order valence-corrected chi connectivity index (χ1v) is 15.0. The number of ether oxygens (including phenoxy) is 3. The number of hydrogen-bond donors (Lipinski definition) is 1. The number of methoxy groups -OCH3 is 1. The summed E-state index contributed by atoms with van der Waals surface area (Å²) in [6.07, 6.45) is 4.19. The van der Waals surface area contributed by atoms with E-state index < -0.39 is 21.6 Å². The van der Waals surface area contributed by atoms with Gasteiger partial charge in [0, 0.05) is 24.0 Å². The van der Waals surface area contributed by atoms with Crippen LogP contribution in [0.2, 0.25) is 0 Å². The molecule has 0 spiro atoms. The van der Waals surface area contributed by atoms with Crippen LogP contribution in [0.4, 0.5) is 10.1 Å². The highest BCUT2D eigenvalue weighted by Crippen LogP contribution is 2.39. The highest BCUT2D eigenvalue weighted by Gasteiger charge is 2.24. The van der Waals surface area contributed by atoms with Crippen molar-refractivity contribution in [2.24, 2.45) is 0 Å². The molecule has 0 aliphatic carbocycles. The van der Waals surface area contributed by atoms with Gasteiger partial charge < -0.3 is 19.5 Å². The fourth-order valence-corrected chi connectivity index (χ4v) is 5.51. The highest BCUT2D eigenvalue weighted by molar-refractivity contribution is 7.90. The van der Waals surface area contributed by atoms with Gasteiger partial charge in [0.1, 0.15) is 33.8 Å². The predicted molar refractivity (Wildman–Crippen MR) is 155 cm³/mol. The highest BCUT2D eigenvalue weighted by atomic mass is 32.2. The average molecular weight is 568 g/mol. The Hall–Kier alpha value is -3.85. The van der Waals surface area contributed by atoms with Gasteiger partial charge in [0.25, 0.3) is 0 Å². The number of rotatable bonds is 9. The summed E-state index contributed by atoms with van der Waals surface area (Å²) < 4.78 is 53.9. The lowest BCUT2D eigenvalue weighted by molar-refractivity contribution is -0.134. The van der Waals surface area contributed by atoms with Crippen molar-refractivity contribution in [1.82, 2.24) is 0 Å². The van der Waals surface area contributed by atoms with Crippen LogP contribution in [0.5, 0.6) is 11.5 Å². The van der Waals surface area contributed by atoms with Gasteiger partial charge >= 0.3 is 5.97 Å². The number of aryl methyl sites for hydroxylation is 3. The van der Waals surface area contributed by atoms with Crippen molar-refractivity contribution in [1.29, 1.82) is 0 Å². The Morgan fingerprint density at radius 1 is 1.10 bits per heavy atom. The summed E-state index contributed by atoms with van der Waals surface area (Å²) in [4.78, 5) is 11.4. The van der Waals surface area contributed by atoms with Crippen molar-refractivity contribution in [3.8, 4) is 22.6 Å². The van der Waals surface area contributed by atoms with Gasteiger partial charge in [-0.1, -0.05) is 12.1 Å². The normalized spacial score (nSPS) is 14.8. The largest absolute Gasteiger partial charge is 0.494 e. The smallest absolute Gasteiger partial charge is 0.330 e. The molecule has 40 heavy (non-hydrogen) atoms. The summed E-state index contributed by atoms with van der Waals surface area (Å²) in [6.45, 7) is 6.77. The average Bonchev–Trinajstić information content (AvgIpc) is 2.89. The van der Waals surface area contributed by atoms with E-state index >= 15 is 0 Å². The van der Waals surface area contributed by atoms with Crippen molar-refractivity contribution >= 4 is 27.6 Å². The minimum atomic E-state index is -3.01. The van der Waals surface area contributed by atoms with Crippen molar-refractivity contribution < 1.29 is 31.8 Å². The van der Waals surface area contributed by atoms with Crippen LogP contribution in [-0.2, 0) is 19.4 Å². The molecule has 0 saturated carbocycles. The molecule has 0 radical (unpaired) electrons. The minimum Gasteiger partial charge on any atom is -0.494 e. The number of carbonyl (C=O) groups excluding carboxylic acids is 1. The number of carbonyl (C=O) groups is 1. The molecule has 1 unspecified atom stereocenters. The van der Waals surface area contributed by atoms with Gasteiger partial charge in [0.15, 0.2) is 0 Å². The van der Waals surface area contributed by atoms with Crippen LogP contribution in [0.3, 0.4) is 0 Å². The molecular formula is C31H34FNO6S. The maximum absolute atomic E-state index is 14.8. The molecule has 0 fully saturated rings. The Balaban J connectivity index is 1.55. The first-order chi connectivity index (χ1) is 18.9. The monoisotopic (exact) mass is 567 g/mol. The number of sulfone groups is 1. The third-order valence-electron chi connectivity index (χ3n) is 6.81. The lowest BCUT2D eigenvalue weighted by Gasteiger charge is -2.29. The lowest BCUT2D eigenvalue weighted by atomic mass is 9.90. The molecular weight excluding hydrogens is 533 g/mol. The number of halogens is 1. The Bertz CT molecular complexity index is 1540. The van der Waals surface area contributed by atoms with E-state index in [1.165, 1.54) is 31.6 Å². The summed E-state index contributed by atoms with van der Waals surface area (Å²) in [5, 5.41) is 3.41. The molecule has 1 heterocycles. The zero-order valence-electron chi connectivity index (χ0n) is 23.3. The molecule has 1 N–H and O–H groups in total. The zero-order chi connectivity index (χ0) is 29.0. The Morgan fingerprint density at radius 3 is 2.50 bits per heavy atom. The van der Waals surface area contributed by atoms with Gasteiger partial charge in [-0.25, -0.2) is 17.6 Å². The summed E-state index contributed by atoms with van der Waals surface area (Å²) in [6, 6.07) is 13.0. The summed E-state index contributed by atoms with van der Waals surface area (Å²) >= 11 is 0. The Kier molecular flexibility index (Phi) is 8.83. The van der Waals surface area contributed by atoms with Gasteiger partial charge in [0.2, 0.25) is 0 Å². The van der Waals surface area contributed by atoms with Gasteiger partial charge in [-0.3, -0.25) is 0 Å². The Morgan fingerprint density at radius 2 is 1.82 bits per heavy atom. The third-order valence-corrected chi connectivity index (χ3v) is 7.84. The fraction of sp³-hybridized carbons (Fsp3) is 0.323. The fourth-order valence-electron chi connectivity index (χ4n) is 4.87. The zero-order valence-corrected chi connectivity index (χ0v) is 24.2. The molecule has 0 saturated heterocycles. The number of nitrogens with one attached hydrogen (secondary N) is 1. The van der Waals surface area contributed by atoms with Crippen LogP contribution >= 0.6 is 0 Å². The van der Waals surface area contributed by atoms with Crippen molar-refractivity contribution in [3.05, 3.63) is 82.2 Å². The topological polar surface area (TPSA) is 90.9 Å². The number of benzene rings is 3. The SMILES string of the molecule is COC(=O)/C=C/c1cc2c(cc1F)NC(c1cc(-c3c(C)cc(OCCCS(C)(=O)=O)cc3C)ccc1C)CO2. The van der Waals surface area contributed by atoms with Gasteiger partial charge in [-0.05, 0) is 90.9 Å². The summed E-state index contributed by atoms with van der Waals surface area (Å²) in [5.41, 5.74) is 7.11. The molecule has 7 nitrogen and oxygen atoms in total. The molecule has 0 bridgehead atoms. The molecule has 212 valence electrons. The lowest BCUT2D eigenvalue weighted by Crippen LogP contribution is -2.25. The molecule has 0 aromatic heterocycles. The number of fused-ring (bicyclic) bond motifs is 1. The van der Waals surface area contributed by atoms with Crippen molar-refractivity contribution in [2.75, 3.05) is 37.6 Å². The van der Waals surface area contributed by atoms with Gasteiger partial charge in [-0.15, -0.1) is 0 Å². The summed E-state index contributed by atoms with van der Waals surface area (Å²) in [5.74, 6) is 0.268. The maximum atomic E-state index is 14.8. The second-order valence-electron chi connectivity index (χ2n) is 10.1. The van der Waals surface area contributed by atoms with Gasteiger partial charge in [0.05, 0.1) is 31.2 Å². The molecule has 1 aliphatic rings. The second-order valence-corrected chi connectivity index (χ2v) is 12.3. The van der Waals surface area contributed by atoms with Crippen LogP contribution < -0.4 is 14.8 Å². The first kappa shape index (κ1) is 29.1. The number of hydrogen-bond acceptors (Lipinski definition) is 7. The number of esters is 1. The van der Waals surface area contributed by atoms with Crippen molar-refractivity contribution in [2.45, 2.75) is 33.2 Å². The Labute approximate surface area is 234 Å².